The molecule has 1 amide bonds. The number of nitrogens with zero attached hydrogens (tertiary/aromatic N) is 1. The zero-order chi connectivity index (χ0) is 17.1. The van der Waals surface area contributed by atoms with Gasteiger partial charge in [-0.3, -0.25) is 9.79 Å². The number of carbonyl (C=O) groups excluding carboxylic acids is 1. The third-order valence-corrected chi connectivity index (χ3v) is 8.06. The lowest BCUT2D eigenvalue weighted by Gasteiger charge is -2.38. The lowest BCUT2D eigenvalue weighted by molar-refractivity contribution is -0.126. The van der Waals surface area contributed by atoms with Gasteiger partial charge in [-0.25, -0.2) is 0 Å². The molecule has 4 rings (SSSR count). The molecule has 0 aromatic heterocycles. The number of aliphatic imine (C=N–C) groups is 1. The first-order valence-corrected chi connectivity index (χ1v) is 11.1. The fraction of sp³-hybridized carbons (Fsp3) is 0.714. The van der Waals surface area contributed by atoms with Gasteiger partial charge < -0.3 is 5.32 Å². The molecule has 2 aliphatic heterocycles. The molecule has 136 valence electrons. The zero-order valence-corrected chi connectivity index (χ0v) is 15.9. The van der Waals surface area contributed by atoms with Gasteiger partial charge in [0, 0.05) is 18.3 Å². The minimum atomic E-state index is -0.0343. The molecule has 4 heteroatoms. The van der Waals surface area contributed by atoms with Crippen LogP contribution in [0.1, 0.15) is 57.8 Å². The van der Waals surface area contributed by atoms with E-state index in [4.69, 9.17) is 4.99 Å². The molecule has 1 saturated heterocycles. The van der Waals surface area contributed by atoms with Gasteiger partial charge in [0.2, 0.25) is 5.91 Å². The van der Waals surface area contributed by atoms with Crippen molar-refractivity contribution in [1.29, 1.82) is 0 Å². The first kappa shape index (κ1) is 17.4. The van der Waals surface area contributed by atoms with Crippen LogP contribution in [0.5, 0.6) is 0 Å². The topological polar surface area (TPSA) is 41.5 Å². The van der Waals surface area contributed by atoms with Crippen LogP contribution in [0.2, 0.25) is 0 Å². The van der Waals surface area contributed by atoms with Gasteiger partial charge in [-0.15, -0.1) is 11.8 Å². The van der Waals surface area contributed by atoms with Gasteiger partial charge in [0.05, 0.1) is 16.4 Å². The van der Waals surface area contributed by atoms with Crippen LogP contribution in [0.3, 0.4) is 0 Å². The average Bonchev–Trinajstić information content (AvgIpc) is 3.06. The second kappa shape index (κ2) is 7.69. The molecule has 25 heavy (non-hydrogen) atoms. The second-order valence-electron chi connectivity index (χ2n) is 8.00. The largest absolute Gasteiger partial charge is 0.353 e. The molecule has 2 heterocycles. The number of hydrogen-bond acceptors (Lipinski definition) is 3. The maximum atomic E-state index is 13.1. The smallest absolute Gasteiger partial charge is 0.224 e. The van der Waals surface area contributed by atoms with E-state index in [2.05, 4.69) is 29.6 Å². The van der Waals surface area contributed by atoms with Gasteiger partial charge in [0.25, 0.3) is 0 Å². The molecule has 1 saturated carbocycles. The third kappa shape index (κ3) is 3.47. The Kier molecular flexibility index (Phi) is 5.35. The second-order valence-corrected chi connectivity index (χ2v) is 9.29. The van der Waals surface area contributed by atoms with E-state index in [9.17, 15) is 4.79 Å². The molecule has 1 spiro atoms. The molecule has 0 aromatic rings. The Balaban J connectivity index is 1.43. The summed E-state index contributed by atoms with van der Waals surface area (Å²) in [7, 11) is 0. The van der Waals surface area contributed by atoms with Gasteiger partial charge in [-0.2, -0.15) is 0 Å². The zero-order valence-electron chi connectivity index (χ0n) is 15.1. The SMILES string of the molecule is O=C(NC1CCCCCCCC1)C1CSC23C=CC=CC2=NCCC13. The predicted molar refractivity (Wildman–Crippen MR) is 106 cm³/mol. The van der Waals surface area contributed by atoms with Crippen LogP contribution in [0.15, 0.2) is 29.3 Å². The highest BCUT2D eigenvalue weighted by Gasteiger charge is 2.54. The summed E-state index contributed by atoms with van der Waals surface area (Å²) in [6.45, 7) is 0.869. The first-order chi connectivity index (χ1) is 12.3. The Bertz CT molecular complexity index is 587. The number of carbonyl (C=O) groups is 1. The predicted octanol–water partition coefficient (Wildman–Crippen LogP) is 4.29. The van der Waals surface area contributed by atoms with E-state index in [1.807, 2.05) is 11.8 Å². The monoisotopic (exact) mass is 358 g/mol. The third-order valence-electron chi connectivity index (χ3n) is 6.41. The van der Waals surface area contributed by atoms with Gasteiger partial charge in [0.1, 0.15) is 0 Å². The number of allylic oxidation sites excluding steroid dienone is 3. The Morgan fingerprint density at radius 2 is 1.84 bits per heavy atom. The van der Waals surface area contributed by atoms with Crippen LogP contribution < -0.4 is 5.32 Å². The maximum absolute atomic E-state index is 13.1. The summed E-state index contributed by atoms with van der Waals surface area (Å²) in [5.74, 6) is 1.78. The van der Waals surface area contributed by atoms with Crippen molar-refractivity contribution in [3.8, 4) is 0 Å². The lowest BCUT2D eigenvalue weighted by atomic mass is 9.74. The molecule has 4 aliphatic rings. The number of thioether (sulfide) groups is 1. The number of amides is 1. The van der Waals surface area contributed by atoms with Crippen LogP contribution in [-0.2, 0) is 4.79 Å². The minimum absolute atomic E-state index is 0.0343. The molecule has 2 aliphatic carbocycles. The van der Waals surface area contributed by atoms with Gasteiger partial charge in [0.15, 0.2) is 0 Å². The van der Waals surface area contributed by atoms with Crippen LogP contribution in [0.4, 0.5) is 0 Å². The highest BCUT2D eigenvalue weighted by molar-refractivity contribution is 8.02. The van der Waals surface area contributed by atoms with Gasteiger partial charge in [-0.1, -0.05) is 56.8 Å². The van der Waals surface area contributed by atoms with E-state index < -0.39 is 0 Å². The highest BCUT2D eigenvalue weighted by atomic mass is 32.2. The fourth-order valence-corrected chi connectivity index (χ4v) is 6.80. The minimum Gasteiger partial charge on any atom is -0.353 e. The molecule has 1 N–H and O–H groups in total. The summed E-state index contributed by atoms with van der Waals surface area (Å²) >= 11 is 1.94. The summed E-state index contributed by atoms with van der Waals surface area (Å²) in [5, 5.41) is 3.45. The van der Waals surface area contributed by atoms with E-state index in [1.54, 1.807) is 0 Å². The van der Waals surface area contributed by atoms with Crippen LogP contribution in [-0.4, -0.2) is 34.7 Å². The van der Waals surface area contributed by atoms with Crippen LogP contribution in [0, 0.1) is 11.8 Å². The molecular weight excluding hydrogens is 328 g/mol. The van der Waals surface area contributed by atoms with Crippen LogP contribution >= 0.6 is 11.8 Å². The van der Waals surface area contributed by atoms with Crippen molar-refractivity contribution in [3.05, 3.63) is 24.3 Å². The average molecular weight is 359 g/mol. The summed E-state index contributed by atoms with van der Waals surface area (Å²) in [5.41, 5.74) is 1.19. The Labute approximate surface area is 155 Å². The van der Waals surface area contributed by atoms with E-state index in [0.29, 0.717) is 17.9 Å². The molecule has 0 bridgehead atoms. The molecular formula is C21H30N2OS. The van der Waals surface area contributed by atoms with E-state index in [1.165, 1.54) is 44.2 Å². The molecule has 3 unspecified atom stereocenters. The molecule has 0 radical (unpaired) electrons. The van der Waals surface area contributed by atoms with Crippen molar-refractivity contribution in [1.82, 2.24) is 5.32 Å². The van der Waals surface area contributed by atoms with Crippen molar-refractivity contribution in [2.24, 2.45) is 16.8 Å². The quantitative estimate of drug-likeness (QED) is 0.800. The van der Waals surface area contributed by atoms with E-state index in [0.717, 1.165) is 31.6 Å². The van der Waals surface area contributed by atoms with Crippen molar-refractivity contribution in [2.75, 3.05) is 12.3 Å². The fourth-order valence-electron chi connectivity index (χ4n) is 5.01. The van der Waals surface area contributed by atoms with E-state index >= 15 is 0 Å². The highest BCUT2D eigenvalue weighted by Crippen LogP contribution is 2.52. The van der Waals surface area contributed by atoms with Crippen molar-refractivity contribution in [2.45, 2.75) is 68.6 Å². The Morgan fingerprint density at radius 1 is 1.08 bits per heavy atom. The maximum Gasteiger partial charge on any atom is 0.224 e. The Morgan fingerprint density at radius 3 is 2.64 bits per heavy atom. The molecule has 3 nitrogen and oxygen atoms in total. The summed E-state index contributed by atoms with van der Waals surface area (Å²) < 4.78 is -0.0343. The number of rotatable bonds is 2. The number of nitrogens with one attached hydrogen (secondary N) is 1. The van der Waals surface area contributed by atoms with Gasteiger partial charge in [-0.05, 0) is 31.3 Å². The number of hydrogen-bond donors (Lipinski definition) is 1. The summed E-state index contributed by atoms with van der Waals surface area (Å²) in [4.78, 5) is 17.9. The summed E-state index contributed by atoms with van der Waals surface area (Å²) in [6, 6.07) is 0.394. The molecule has 2 fully saturated rings. The normalized spacial score (nSPS) is 35.8. The summed E-state index contributed by atoms with van der Waals surface area (Å²) in [6.07, 6.45) is 20.0. The van der Waals surface area contributed by atoms with Crippen molar-refractivity contribution < 1.29 is 4.79 Å². The van der Waals surface area contributed by atoms with E-state index in [-0.39, 0.29) is 10.7 Å². The Hall–Kier alpha value is -1.03. The van der Waals surface area contributed by atoms with Gasteiger partial charge >= 0.3 is 0 Å². The lowest BCUT2D eigenvalue weighted by Crippen LogP contribution is -2.48. The molecule has 0 aromatic carbocycles. The standard InChI is InChI=1S/C21H30N2OS/c24-20(23-16-9-5-3-1-2-4-6-10-16)17-15-25-21-13-8-7-11-19(21)22-14-12-18(17)21/h7-8,11,13,16-18H,1-6,9-10,12,14-15H2,(H,23,24). The van der Waals surface area contributed by atoms with Crippen LogP contribution in [0.25, 0.3) is 0 Å². The van der Waals surface area contributed by atoms with Crippen molar-refractivity contribution >= 4 is 23.4 Å². The first-order valence-electron chi connectivity index (χ1n) is 10.1. The molecule has 3 atom stereocenters. The van der Waals surface area contributed by atoms with Crippen molar-refractivity contribution in [3.63, 3.8) is 0 Å².